The maximum absolute atomic E-state index is 12.7. The third kappa shape index (κ3) is 4.92. The Balaban J connectivity index is 1.62. The highest BCUT2D eigenvalue weighted by Gasteiger charge is 2.29. The summed E-state index contributed by atoms with van der Waals surface area (Å²) in [4.78, 5) is 15.0. The Morgan fingerprint density at radius 3 is 2.21 bits per heavy atom. The molecule has 2 heterocycles. The molecule has 3 rings (SSSR count). The number of rotatable bonds is 5. The third-order valence-electron chi connectivity index (χ3n) is 5.45. The smallest absolute Gasteiger partial charge is 0.243 e. The predicted octanol–water partition coefficient (Wildman–Crippen LogP) is 2.30. The van der Waals surface area contributed by atoms with Gasteiger partial charge in [0.2, 0.25) is 15.9 Å². The van der Waals surface area contributed by atoms with Gasteiger partial charge in [-0.2, -0.15) is 4.31 Å². The van der Waals surface area contributed by atoms with E-state index in [0.29, 0.717) is 31.9 Å². The van der Waals surface area contributed by atoms with Gasteiger partial charge in [-0.1, -0.05) is 6.42 Å². The Morgan fingerprint density at radius 2 is 1.64 bits per heavy atom. The zero-order valence-corrected chi connectivity index (χ0v) is 17.7. The predicted molar refractivity (Wildman–Crippen MR) is 109 cm³/mol. The van der Waals surface area contributed by atoms with E-state index in [1.54, 1.807) is 28.6 Å². The number of piperidine rings is 1. The lowest BCUT2D eigenvalue weighted by Gasteiger charge is -2.38. The number of amides is 1. The van der Waals surface area contributed by atoms with E-state index in [1.807, 2.05) is 20.8 Å². The van der Waals surface area contributed by atoms with E-state index in [1.165, 1.54) is 0 Å². The van der Waals surface area contributed by atoms with Gasteiger partial charge in [-0.25, -0.2) is 8.42 Å². The van der Waals surface area contributed by atoms with Gasteiger partial charge < -0.3 is 10.1 Å². The van der Waals surface area contributed by atoms with Gasteiger partial charge in [-0.3, -0.25) is 9.69 Å². The normalized spacial score (nSPS) is 26.0. The monoisotopic (exact) mass is 409 g/mol. The van der Waals surface area contributed by atoms with Gasteiger partial charge in [0.15, 0.2) is 0 Å². The Morgan fingerprint density at radius 1 is 1.07 bits per heavy atom. The van der Waals surface area contributed by atoms with Gasteiger partial charge in [-0.15, -0.1) is 0 Å². The molecule has 2 aliphatic rings. The van der Waals surface area contributed by atoms with Gasteiger partial charge in [0.25, 0.3) is 0 Å². The molecule has 1 N–H and O–H groups in total. The fourth-order valence-electron chi connectivity index (χ4n) is 3.91. The van der Waals surface area contributed by atoms with Crippen molar-refractivity contribution in [2.24, 2.45) is 0 Å². The van der Waals surface area contributed by atoms with Crippen LogP contribution in [0.2, 0.25) is 0 Å². The standard InChI is InChI=1S/C20H31N3O4S/c1-15-13-22(14-16(2)27-15)17(3)20(24)21-18-7-9-19(10-8-18)28(25,26)23-11-5-4-6-12-23/h7-10,15-17H,4-6,11-14H2,1-3H3,(H,21,24)/t15-,16-,17-/m1/s1. The molecule has 0 aromatic heterocycles. The number of nitrogens with zero attached hydrogens (tertiary/aromatic N) is 2. The quantitative estimate of drug-likeness (QED) is 0.807. The van der Waals surface area contributed by atoms with E-state index in [2.05, 4.69) is 10.2 Å². The summed E-state index contributed by atoms with van der Waals surface area (Å²) in [6, 6.07) is 6.18. The number of hydrogen-bond acceptors (Lipinski definition) is 5. The number of sulfonamides is 1. The first-order valence-electron chi connectivity index (χ1n) is 10.1. The van der Waals surface area contributed by atoms with Crippen molar-refractivity contribution in [1.29, 1.82) is 0 Å². The van der Waals surface area contributed by atoms with Crippen LogP contribution in [0.25, 0.3) is 0 Å². The average Bonchev–Trinajstić information content (AvgIpc) is 2.67. The summed E-state index contributed by atoms with van der Waals surface area (Å²) in [5, 5.41) is 2.90. The van der Waals surface area contributed by atoms with E-state index in [0.717, 1.165) is 19.3 Å². The van der Waals surface area contributed by atoms with E-state index >= 15 is 0 Å². The Labute approximate surface area is 168 Å². The molecule has 3 atom stereocenters. The van der Waals surface area contributed by atoms with E-state index < -0.39 is 10.0 Å². The molecule has 156 valence electrons. The summed E-state index contributed by atoms with van der Waals surface area (Å²) in [6.07, 6.45) is 3.08. The Kier molecular flexibility index (Phi) is 6.75. The van der Waals surface area contributed by atoms with Crippen LogP contribution in [0.3, 0.4) is 0 Å². The van der Waals surface area contributed by atoms with Crippen LogP contribution in [-0.4, -0.2) is 68.0 Å². The molecule has 2 aliphatic heterocycles. The van der Waals surface area contributed by atoms with Crippen LogP contribution >= 0.6 is 0 Å². The number of hydrogen-bond donors (Lipinski definition) is 1. The van der Waals surface area contributed by atoms with E-state index in [-0.39, 0.29) is 29.1 Å². The first kappa shape index (κ1) is 21.2. The van der Waals surface area contributed by atoms with Crippen molar-refractivity contribution in [2.45, 2.75) is 63.2 Å². The van der Waals surface area contributed by atoms with Crippen LogP contribution in [0.4, 0.5) is 5.69 Å². The molecule has 1 aromatic rings. The molecule has 0 unspecified atom stereocenters. The number of carbonyl (C=O) groups excluding carboxylic acids is 1. The summed E-state index contributed by atoms with van der Waals surface area (Å²) < 4.78 is 32.7. The molecule has 0 bridgehead atoms. The summed E-state index contributed by atoms with van der Waals surface area (Å²) in [6.45, 7) is 8.49. The lowest BCUT2D eigenvalue weighted by Crippen LogP contribution is -2.52. The number of carbonyl (C=O) groups is 1. The highest BCUT2D eigenvalue weighted by molar-refractivity contribution is 7.89. The Bertz CT molecular complexity index is 765. The zero-order chi connectivity index (χ0) is 20.3. The number of anilines is 1. The van der Waals surface area contributed by atoms with Gasteiger partial charge in [-0.05, 0) is 57.9 Å². The fraction of sp³-hybridized carbons (Fsp3) is 0.650. The van der Waals surface area contributed by atoms with Crippen molar-refractivity contribution in [1.82, 2.24) is 9.21 Å². The molecule has 2 fully saturated rings. The summed E-state index contributed by atoms with van der Waals surface area (Å²) in [5.41, 5.74) is 0.601. The minimum atomic E-state index is -3.45. The highest BCUT2D eigenvalue weighted by atomic mass is 32.2. The van der Waals surface area contributed by atoms with E-state index in [9.17, 15) is 13.2 Å². The second-order valence-electron chi connectivity index (χ2n) is 7.87. The molecule has 7 nitrogen and oxygen atoms in total. The molecule has 0 saturated carbocycles. The molecule has 2 saturated heterocycles. The number of ether oxygens (including phenoxy) is 1. The minimum Gasteiger partial charge on any atom is -0.373 e. The van der Waals surface area contributed by atoms with Crippen molar-refractivity contribution in [3.05, 3.63) is 24.3 Å². The summed E-state index contributed by atoms with van der Waals surface area (Å²) in [5.74, 6) is -0.104. The van der Waals surface area contributed by atoms with Crippen LogP contribution in [-0.2, 0) is 19.6 Å². The van der Waals surface area contributed by atoms with Crippen molar-refractivity contribution in [3.8, 4) is 0 Å². The van der Waals surface area contributed by atoms with Crippen LogP contribution in [0.15, 0.2) is 29.2 Å². The van der Waals surface area contributed by atoms with Crippen LogP contribution in [0, 0.1) is 0 Å². The maximum atomic E-state index is 12.7. The minimum absolute atomic E-state index is 0.0956. The SMILES string of the molecule is C[C@@H]1CN([C@H](C)C(=O)Nc2ccc(S(=O)(=O)N3CCCCC3)cc2)C[C@@H](C)O1. The molecule has 0 radical (unpaired) electrons. The van der Waals surface area contributed by atoms with Crippen molar-refractivity contribution < 1.29 is 17.9 Å². The Hall–Kier alpha value is -1.48. The first-order chi connectivity index (χ1) is 13.3. The molecular weight excluding hydrogens is 378 g/mol. The maximum Gasteiger partial charge on any atom is 0.243 e. The molecule has 1 aromatic carbocycles. The number of morpholine rings is 1. The molecular formula is C20H31N3O4S. The second kappa shape index (κ2) is 8.90. The van der Waals surface area contributed by atoms with Crippen LogP contribution < -0.4 is 5.32 Å². The van der Waals surface area contributed by atoms with Gasteiger partial charge in [0.1, 0.15) is 0 Å². The van der Waals surface area contributed by atoms with Crippen LogP contribution in [0.5, 0.6) is 0 Å². The lowest BCUT2D eigenvalue weighted by molar-refractivity contribution is -0.126. The second-order valence-corrected chi connectivity index (χ2v) is 9.80. The van der Waals surface area contributed by atoms with Crippen molar-refractivity contribution in [2.75, 3.05) is 31.5 Å². The van der Waals surface area contributed by atoms with Gasteiger partial charge >= 0.3 is 0 Å². The lowest BCUT2D eigenvalue weighted by atomic mass is 10.1. The first-order valence-corrected chi connectivity index (χ1v) is 11.5. The third-order valence-corrected chi connectivity index (χ3v) is 7.36. The topological polar surface area (TPSA) is 79.0 Å². The molecule has 8 heteroatoms. The number of nitrogens with one attached hydrogen (secondary N) is 1. The van der Waals surface area contributed by atoms with E-state index in [4.69, 9.17) is 4.74 Å². The zero-order valence-electron chi connectivity index (χ0n) is 16.9. The molecule has 1 amide bonds. The summed E-state index contributed by atoms with van der Waals surface area (Å²) in [7, 11) is -3.45. The van der Waals surface area contributed by atoms with Crippen LogP contribution in [0.1, 0.15) is 40.0 Å². The summed E-state index contributed by atoms with van der Waals surface area (Å²) >= 11 is 0. The number of benzene rings is 1. The largest absolute Gasteiger partial charge is 0.373 e. The van der Waals surface area contributed by atoms with Gasteiger partial charge in [0, 0.05) is 31.9 Å². The van der Waals surface area contributed by atoms with Gasteiger partial charge in [0.05, 0.1) is 23.1 Å². The molecule has 0 aliphatic carbocycles. The van der Waals surface area contributed by atoms with Crippen molar-refractivity contribution in [3.63, 3.8) is 0 Å². The average molecular weight is 410 g/mol. The van der Waals surface area contributed by atoms with Crippen molar-refractivity contribution >= 4 is 21.6 Å². The molecule has 28 heavy (non-hydrogen) atoms. The molecule has 0 spiro atoms. The fourth-order valence-corrected chi connectivity index (χ4v) is 5.43. The highest BCUT2D eigenvalue weighted by Crippen LogP contribution is 2.22.